The topological polar surface area (TPSA) is 59.8 Å². The van der Waals surface area contributed by atoms with Crippen LogP contribution in [0.1, 0.15) is 54.0 Å². The summed E-state index contributed by atoms with van der Waals surface area (Å²) in [6, 6.07) is 15.9. The van der Waals surface area contributed by atoms with Crippen LogP contribution in [0.3, 0.4) is 0 Å². The lowest BCUT2D eigenvalue weighted by Gasteiger charge is -2.21. The van der Waals surface area contributed by atoms with Crippen molar-refractivity contribution in [1.29, 1.82) is 0 Å². The summed E-state index contributed by atoms with van der Waals surface area (Å²) in [5.74, 6) is 0.477. The van der Waals surface area contributed by atoms with E-state index in [2.05, 4.69) is 47.8 Å². The van der Waals surface area contributed by atoms with Gasteiger partial charge in [0.15, 0.2) is 0 Å². The molecule has 5 nitrogen and oxygen atoms in total. The van der Waals surface area contributed by atoms with Crippen molar-refractivity contribution in [2.45, 2.75) is 52.6 Å². The molecule has 0 saturated carbocycles. The van der Waals surface area contributed by atoms with Crippen LogP contribution in [0.4, 0.5) is 4.39 Å². The Morgan fingerprint density at radius 2 is 1.85 bits per heavy atom. The van der Waals surface area contributed by atoms with Crippen LogP contribution in [0.15, 0.2) is 60.8 Å². The lowest BCUT2D eigenvalue weighted by molar-refractivity contribution is -0.124. The molecule has 0 unspecified atom stereocenters. The predicted octanol–water partition coefficient (Wildman–Crippen LogP) is 5.44. The zero-order valence-electron chi connectivity index (χ0n) is 19.3. The Bertz CT molecular complexity index is 1250. The molecule has 6 heteroatoms. The van der Waals surface area contributed by atoms with Crippen LogP contribution in [0, 0.1) is 19.7 Å². The molecule has 1 amide bonds. The van der Waals surface area contributed by atoms with Gasteiger partial charge in [-0.3, -0.25) is 9.78 Å². The molecule has 0 spiro atoms. The van der Waals surface area contributed by atoms with Gasteiger partial charge in [-0.2, -0.15) is 0 Å². The highest BCUT2D eigenvalue weighted by molar-refractivity contribution is 5.85. The van der Waals surface area contributed by atoms with E-state index < -0.39 is 6.04 Å². The average Bonchev–Trinajstić information content (AvgIpc) is 3.14. The van der Waals surface area contributed by atoms with E-state index in [-0.39, 0.29) is 11.7 Å². The van der Waals surface area contributed by atoms with E-state index in [1.54, 1.807) is 18.3 Å². The second kappa shape index (κ2) is 9.94. The first-order valence-electron chi connectivity index (χ1n) is 11.4. The first-order chi connectivity index (χ1) is 16.0. The van der Waals surface area contributed by atoms with E-state index in [9.17, 15) is 9.18 Å². The molecule has 4 aromatic rings. The van der Waals surface area contributed by atoms with Gasteiger partial charge in [0.05, 0.1) is 23.3 Å². The van der Waals surface area contributed by atoms with E-state index >= 15 is 0 Å². The van der Waals surface area contributed by atoms with E-state index in [1.807, 2.05) is 18.2 Å². The molecule has 0 aliphatic heterocycles. The van der Waals surface area contributed by atoms with Gasteiger partial charge in [-0.25, -0.2) is 9.37 Å². The van der Waals surface area contributed by atoms with Crippen LogP contribution in [-0.2, 0) is 17.8 Å². The molecule has 1 atom stereocenters. The van der Waals surface area contributed by atoms with E-state index in [0.717, 1.165) is 45.7 Å². The summed E-state index contributed by atoms with van der Waals surface area (Å²) in [6.45, 7) is 6.59. The fourth-order valence-electron chi connectivity index (χ4n) is 4.11. The van der Waals surface area contributed by atoms with Crippen molar-refractivity contribution in [2.75, 3.05) is 0 Å². The first-order valence-corrected chi connectivity index (χ1v) is 11.4. The normalized spacial score (nSPS) is 12.1. The highest BCUT2D eigenvalue weighted by Gasteiger charge is 2.25. The molecule has 0 aliphatic rings. The third kappa shape index (κ3) is 5.11. The Labute approximate surface area is 193 Å². The number of amides is 1. The third-order valence-electron chi connectivity index (χ3n) is 6.00. The van der Waals surface area contributed by atoms with Gasteiger partial charge in [0, 0.05) is 12.6 Å². The number of hydrogen-bond acceptors (Lipinski definition) is 3. The molecule has 0 radical (unpaired) electrons. The van der Waals surface area contributed by atoms with E-state index in [0.29, 0.717) is 19.4 Å². The maximum absolute atomic E-state index is 13.4. The number of aromatic nitrogens is 3. The van der Waals surface area contributed by atoms with E-state index in [1.165, 1.54) is 12.1 Å². The van der Waals surface area contributed by atoms with Crippen LogP contribution >= 0.6 is 0 Å². The fourth-order valence-corrected chi connectivity index (χ4v) is 4.11. The minimum atomic E-state index is -0.402. The number of halogens is 1. The Balaban J connectivity index is 1.74. The van der Waals surface area contributed by atoms with Crippen molar-refractivity contribution in [2.24, 2.45) is 0 Å². The lowest BCUT2D eigenvalue weighted by Crippen LogP contribution is -2.33. The highest BCUT2D eigenvalue weighted by Crippen LogP contribution is 2.28. The number of hydrogen-bond donors (Lipinski definition) is 1. The monoisotopic (exact) mass is 444 g/mol. The van der Waals surface area contributed by atoms with Gasteiger partial charge in [0.2, 0.25) is 5.91 Å². The van der Waals surface area contributed by atoms with Gasteiger partial charge in [-0.15, -0.1) is 0 Å². The maximum atomic E-state index is 13.4. The average molecular weight is 445 g/mol. The van der Waals surface area contributed by atoms with Crippen molar-refractivity contribution in [3.63, 3.8) is 0 Å². The quantitative estimate of drug-likeness (QED) is 0.394. The molecule has 1 N–H and O–H groups in total. The number of nitrogens with one attached hydrogen (secondary N) is 1. The number of pyridine rings is 1. The van der Waals surface area contributed by atoms with Crippen molar-refractivity contribution in [3.05, 3.63) is 94.8 Å². The summed E-state index contributed by atoms with van der Waals surface area (Å²) in [6.07, 6.45) is 3.77. The highest BCUT2D eigenvalue weighted by atomic mass is 19.1. The number of imidazole rings is 1. The Kier molecular flexibility index (Phi) is 6.82. The molecule has 2 heterocycles. The summed E-state index contributed by atoms with van der Waals surface area (Å²) in [4.78, 5) is 22.6. The number of benzene rings is 2. The smallest absolute Gasteiger partial charge is 0.243 e. The summed E-state index contributed by atoms with van der Waals surface area (Å²) >= 11 is 0. The summed E-state index contributed by atoms with van der Waals surface area (Å²) in [5, 5.41) is 3.06. The van der Waals surface area contributed by atoms with Gasteiger partial charge in [0.25, 0.3) is 0 Å². The summed E-state index contributed by atoms with van der Waals surface area (Å²) in [5.41, 5.74) is 5.89. The molecule has 33 heavy (non-hydrogen) atoms. The molecule has 0 saturated heterocycles. The van der Waals surface area contributed by atoms with Crippen LogP contribution in [-0.4, -0.2) is 20.4 Å². The molecule has 170 valence electrons. The minimum Gasteiger partial charge on any atom is -0.349 e. The molecule has 0 fully saturated rings. The van der Waals surface area contributed by atoms with Crippen LogP contribution in [0.25, 0.3) is 11.0 Å². The van der Waals surface area contributed by atoms with Gasteiger partial charge >= 0.3 is 0 Å². The van der Waals surface area contributed by atoms with E-state index in [4.69, 9.17) is 4.98 Å². The number of carbonyl (C=O) groups is 1. The first kappa shape index (κ1) is 22.6. The second-order valence-electron chi connectivity index (χ2n) is 8.47. The van der Waals surface area contributed by atoms with Crippen molar-refractivity contribution >= 4 is 16.9 Å². The predicted molar refractivity (Wildman–Crippen MR) is 128 cm³/mol. The summed E-state index contributed by atoms with van der Waals surface area (Å²) in [7, 11) is 0. The molecular weight excluding hydrogens is 415 g/mol. The lowest BCUT2D eigenvalue weighted by atomic mass is 10.1. The summed E-state index contributed by atoms with van der Waals surface area (Å²) < 4.78 is 15.5. The van der Waals surface area contributed by atoms with Crippen LogP contribution in [0.2, 0.25) is 0 Å². The molecule has 2 aromatic carbocycles. The van der Waals surface area contributed by atoms with Gasteiger partial charge in [0.1, 0.15) is 17.7 Å². The number of fused-ring (bicyclic) bond motifs is 1. The molecular formula is C27H29FN4O. The maximum Gasteiger partial charge on any atom is 0.243 e. The fraction of sp³-hybridized carbons (Fsp3) is 0.296. The van der Waals surface area contributed by atoms with Gasteiger partial charge < -0.3 is 9.88 Å². The minimum absolute atomic E-state index is 0.0552. The largest absolute Gasteiger partial charge is 0.349 e. The Hall–Kier alpha value is -3.54. The number of rotatable bonds is 8. The van der Waals surface area contributed by atoms with Crippen LogP contribution < -0.4 is 5.32 Å². The van der Waals surface area contributed by atoms with Crippen molar-refractivity contribution in [3.8, 4) is 0 Å². The molecule has 0 aliphatic carbocycles. The number of nitrogens with zero attached hydrogens (tertiary/aromatic N) is 3. The zero-order valence-corrected chi connectivity index (χ0v) is 19.3. The Morgan fingerprint density at radius 3 is 2.55 bits per heavy atom. The second-order valence-corrected chi connectivity index (χ2v) is 8.47. The molecule has 0 bridgehead atoms. The number of carbonyl (C=O) groups excluding carboxylic acids is 1. The number of aryl methyl sites for hydroxylation is 2. The molecule has 2 aromatic heterocycles. The third-order valence-corrected chi connectivity index (χ3v) is 6.00. The van der Waals surface area contributed by atoms with Gasteiger partial charge in [-0.05, 0) is 73.4 Å². The van der Waals surface area contributed by atoms with Crippen LogP contribution in [0.5, 0.6) is 0 Å². The van der Waals surface area contributed by atoms with Crippen molar-refractivity contribution < 1.29 is 9.18 Å². The molecule has 4 rings (SSSR count). The Morgan fingerprint density at radius 1 is 1.09 bits per heavy atom. The van der Waals surface area contributed by atoms with Crippen molar-refractivity contribution in [1.82, 2.24) is 19.9 Å². The zero-order chi connectivity index (χ0) is 23.4. The standard InChI is InChI=1S/C27H29FN4O/c1-4-7-24(27(33)30-17-22-8-5-6-13-29-22)32-25-15-19(3)18(2)14-23(25)31-26(32)16-20-9-11-21(28)12-10-20/h5-6,8-15,24H,4,7,16-17H2,1-3H3,(H,30,33)/t24-/m1/s1. The SMILES string of the molecule is CCC[C@H](C(=O)NCc1ccccn1)n1c(Cc2ccc(F)cc2)nc2cc(C)c(C)cc21. The van der Waals surface area contributed by atoms with Gasteiger partial charge in [-0.1, -0.05) is 31.5 Å².